The van der Waals surface area contributed by atoms with E-state index in [4.69, 9.17) is 0 Å². The van der Waals surface area contributed by atoms with Crippen LogP contribution in [0.1, 0.15) is 6.92 Å². The van der Waals surface area contributed by atoms with Gasteiger partial charge in [-0.15, -0.1) is 11.3 Å². The monoisotopic (exact) mass is 284 g/mol. The molecular weight excluding hydrogens is 272 g/mol. The van der Waals surface area contributed by atoms with Gasteiger partial charge in [0, 0.05) is 18.3 Å². The number of carbonyl (C=O) groups excluding carboxylic acids is 1. The molecule has 0 aliphatic rings. The van der Waals surface area contributed by atoms with Crippen molar-refractivity contribution < 1.29 is 4.79 Å². The first-order valence-corrected chi connectivity index (χ1v) is 6.93. The topological polar surface area (TPSA) is 66.9 Å². The molecular formula is C14H12N4OS. The zero-order valence-corrected chi connectivity index (χ0v) is 11.6. The summed E-state index contributed by atoms with van der Waals surface area (Å²) in [6.45, 7) is 1.49. The molecule has 0 radical (unpaired) electrons. The fourth-order valence-electron chi connectivity index (χ4n) is 1.90. The molecule has 100 valence electrons. The Hall–Kier alpha value is -2.47. The van der Waals surface area contributed by atoms with Crippen LogP contribution in [-0.2, 0) is 4.79 Å². The summed E-state index contributed by atoms with van der Waals surface area (Å²) in [5.74, 6) is 0.667. The van der Waals surface area contributed by atoms with Gasteiger partial charge in [-0.2, -0.15) is 0 Å². The van der Waals surface area contributed by atoms with Crippen LogP contribution < -0.4 is 10.6 Å². The van der Waals surface area contributed by atoms with E-state index >= 15 is 0 Å². The van der Waals surface area contributed by atoms with Crippen molar-refractivity contribution in [2.75, 3.05) is 10.6 Å². The van der Waals surface area contributed by atoms with Gasteiger partial charge in [-0.25, -0.2) is 9.97 Å². The summed E-state index contributed by atoms with van der Waals surface area (Å²) in [5, 5.41) is 8.98. The number of nitrogens with zero attached hydrogens (tertiary/aromatic N) is 2. The van der Waals surface area contributed by atoms with E-state index in [9.17, 15) is 4.79 Å². The van der Waals surface area contributed by atoms with Crippen molar-refractivity contribution in [2.45, 2.75) is 6.92 Å². The van der Waals surface area contributed by atoms with Crippen molar-refractivity contribution in [1.29, 1.82) is 0 Å². The minimum atomic E-state index is -0.0931. The Morgan fingerprint density at radius 2 is 2.05 bits per heavy atom. The van der Waals surface area contributed by atoms with Crippen LogP contribution in [0.2, 0.25) is 0 Å². The SMILES string of the molecule is CC(=O)Nc1cccc(Nc2ncnc3sccc23)c1. The van der Waals surface area contributed by atoms with Crippen LogP contribution >= 0.6 is 11.3 Å². The molecule has 3 rings (SSSR count). The maximum Gasteiger partial charge on any atom is 0.221 e. The minimum absolute atomic E-state index is 0.0931. The van der Waals surface area contributed by atoms with Gasteiger partial charge in [-0.05, 0) is 29.6 Å². The molecule has 1 amide bonds. The number of aromatic nitrogens is 2. The summed E-state index contributed by atoms with van der Waals surface area (Å²) < 4.78 is 0. The third kappa shape index (κ3) is 2.60. The summed E-state index contributed by atoms with van der Waals surface area (Å²) in [7, 11) is 0. The van der Waals surface area contributed by atoms with Crippen molar-refractivity contribution in [3.63, 3.8) is 0 Å². The first-order chi connectivity index (χ1) is 9.72. The molecule has 0 spiro atoms. The van der Waals surface area contributed by atoms with Crippen molar-refractivity contribution in [1.82, 2.24) is 9.97 Å². The molecule has 2 N–H and O–H groups in total. The second kappa shape index (κ2) is 5.26. The number of carbonyl (C=O) groups is 1. The summed E-state index contributed by atoms with van der Waals surface area (Å²) in [6, 6.07) is 9.49. The number of fused-ring (bicyclic) bond motifs is 1. The van der Waals surface area contributed by atoms with Crippen LogP contribution in [0, 0.1) is 0 Å². The Balaban J connectivity index is 1.91. The van der Waals surface area contributed by atoms with Gasteiger partial charge < -0.3 is 10.6 Å². The summed E-state index contributed by atoms with van der Waals surface area (Å²) in [5.41, 5.74) is 1.61. The van der Waals surface area contributed by atoms with E-state index in [0.29, 0.717) is 0 Å². The molecule has 0 saturated carbocycles. The Kier molecular flexibility index (Phi) is 3.30. The molecule has 0 aliphatic carbocycles. The molecule has 0 bridgehead atoms. The number of hydrogen-bond donors (Lipinski definition) is 2. The lowest BCUT2D eigenvalue weighted by Gasteiger charge is -2.08. The van der Waals surface area contributed by atoms with E-state index in [0.717, 1.165) is 27.4 Å². The number of hydrogen-bond acceptors (Lipinski definition) is 5. The molecule has 3 aromatic rings. The van der Waals surface area contributed by atoms with Crippen LogP contribution in [0.3, 0.4) is 0 Å². The first kappa shape index (κ1) is 12.6. The molecule has 20 heavy (non-hydrogen) atoms. The van der Waals surface area contributed by atoms with E-state index in [1.165, 1.54) is 6.92 Å². The number of thiophene rings is 1. The van der Waals surface area contributed by atoms with Crippen LogP contribution in [0.5, 0.6) is 0 Å². The predicted octanol–water partition coefficient (Wildman–Crippen LogP) is 3.39. The molecule has 0 fully saturated rings. The van der Waals surface area contributed by atoms with E-state index in [-0.39, 0.29) is 5.91 Å². The highest BCUT2D eigenvalue weighted by atomic mass is 32.1. The summed E-state index contributed by atoms with van der Waals surface area (Å²) in [6.07, 6.45) is 1.54. The Labute approximate surface area is 119 Å². The number of amides is 1. The van der Waals surface area contributed by atoms with E-state index in [2.05, 4.69) is 20.6 Å². The standard InChI is InChI=1S/C14H12N4OS/c1-9(19)17-10-3-2-4-11(7-10)18-13-12-5-6-20-14(12)16-8-15-13/h2-8H,1H3,(H,17,19)(H,15,16,18). The first-order valence-electron chi connectivity index (χ1n) is 6.05. The molecule has 0 unspecified atom stereocenters. The fraction of sp³-hybridized carbons (Fsp3) is 0.0714. The van der Waals surface area contributed by atoms with Crippen molar-refractivity contribution >= 4 is 44.7 Å². The third-order valence-corrected chi connectivity index (χ3v) is 3.53. The van der Waals surface area contributed by atoms with Gasteiger partial charge in [0.15, 0.2) is 0 Å². The lowest BCUT2D eigenvalue weighted by atomic mass is 10.2. The van der Waals surface area contributed by atoms with Gasteiger partial charge in [-0.1, -0.05) is 6.07 Å². The summed E-state index contributed by atoms with van der Waals surface area (Å²) in [4.78, 5) is 20.5. The molecule has 5 nitrogen and oxygen atoms in total. The number of rotatable bonds is 3. The van der Waals surface area contributed by atoms with Crippen LogP contribution in [0.25, 0.3) is 10.2 Å². The Morgan fingerprint density at radius 3 is 2.90 bits per heavy atom. The second-order valence-corrected chi connectivity index (χ2v) is 5.14. The predicted molar refractivity (Wildman–Crippen MR) is 81.4 cm³/mol. The van der Waals surface area contributed by atoms with Crippen molar-refractivity contribution in [3.8, 4) is 0 Å². The minimum Gasteiger partial charge on any atom is -0.340 e. The van der Waals surface area contributed by atoms with Crippen LogP contribution in [0.4, 0.5) is 17.2 Å². The zero-order valence-electron chi connectivity index (χ0n) is 10.8. The molecule has 0 saturated heterocycles. The fourth-order valence-corrected chi connectivity index (χ4v) is 2.64. The lowest BCUT2D eigenvalue weighted by molar-refractivity contribution is -0.114. The van der Waals surface area contributed by atoms with Crippen LogP contribution in [0.15, 0.2) is 42.0 Å². The lowest BCUT2D eigenvalue weighted by Crippen LogP contribution is -2.05. The summed E-state index contributed by atoms with van der Waals surface area (Å²) >= 11 is 1.58. The van der Waals surface area contributed by atoms with E-state index < -0.39 is 0 Å². The molecule has 6 heteroatoms. The van der Waals surface area contributed by atoms with Crippen LogP contribution in [-0.4, -0.2) is 15.9 Å². The number of anilines is 3. The van der Waals surface area contributed by atoms with Crippen molar-refractivity contribution in [3.05, 3.63) is 42.0 Å². The van der Waals surface area contributed by atoms with E-state index in [1.807, 2.05) is 35.7 Å². The van der Waals surface area contributed by atoms with Gasteiger partial charge in [0.25, 0.3) is 0 Å². The third-order valence-electron chi connectivity index (χ3n) is 2.71. The average molecular weight is 284 g/mol. The normalized spacial score (nSPS) is 10.4. The Morgan fingerprint density at radius 1 is 1.20 bits per heavy atom. The van der Waals surface area contributed by atoms with Crippen molar-refractivity contribution in [2.24, 2.45) is 0 Å². The molecule has 0 atom stereocenters. The van der Waals surface area contributed by atoms with Gasteiger partial charge in [-0.3, -0.25) is 4.79 Å². The number of benzene rings is 1. The molecule has 2 heterocycles. The maximum atomic E-state index is 11.1. The van der Waals surface area contributed by atoms with E-state index in [1.54, 1.807) is 17.7 Å². The average Bonchev–Trinajstić information content (AvgIpc) is 2.88. The van der Waals surface area contributed by atoms with Gasteiger partial charge in [0.05, 0.1) is 5.39 Å². The molecule has 0 aliphatic heterocycles. The smallest absolute Gasteiger partial charge is 0.221 e. The zero-order chi connectivity index (χ0) is 13.9. The highest BCUT2D eigenvalue weighted by Crippen LogP contribution is 2.27. The quantitative estimate of drug-likeness (QED) is 0.773. The van der Waals surface area contributed by atoms with Gasteiger partial charge >= 0.3 is 0 Å². The van der Waals surface area contributed by atoms with Gasteiger partial charge in [0.2, 0.25) is 5.91 Å². The molecule has 2 aromatic heterocycles. The van der Waals surface area contributed by atoms with Gasteiger partial charge in [0.1, 0.15) is 17.0 Å². The highest BCUT2D eigenvalue weighted by molar-refractivity contribution is 7.16. The second-order valence-electron chi connectivity index (χ2n) is 4.25. The largest absolute Gasteiger partial charge is 0.340 e. The Bertz CT molecular complexity index is 768. The maximum absolute atomic E-state index is 11.1. The highest BCUT2D eigenvalue weighted by Gasteiger charge is 2.05. The molecule has 1 aromatic carbocycles. The number of nitrogens with one attached hydrogen (secondary N) is 2.